The molecule has 0 saturated carbocycles. The van der Waals surface area contributed by atoms with Gasteiger partial charge in [0.05, 0.1) is 5.54 Å². The van der Waals surface area contributed by atoms with Crippen molar-refractivity contribution in [2.24, 2.45) is 16.5 Å². The van der Waals surface area contributed by atoms with Crippen molar-refractivity contribution < 1.29 is 4.74 Å². The third-order valence-electron chi connectivity index (χ3n) is 3.99. The number of nitrogens with zero attached hydrogens (tertiary/aromatic N) is 1. The average Bonchev–Trinajstić information content (AvgIpc) is 3.03. The average molecular weight is 388 g/mol. The summed E-state index contributed by atoms with van der Waals surface area (Å²) in [4.78, 5) is 5.63. The summed E-state index contributed by atoms with van der Waals surface area (Å²) in [5.41, 5.74) is 13.8. The van der Waals surface area contributed by atoms with Crippen LogP contribution in [0.3, 0.4) is 0 Å². The van der Waals surface area contributed by atoms with Crippen molar-refractivity contribution in [1.82, 2.24) is 0 Å². The number of amidine groups is 1. The quantitative estimate of drug-likeness (QED) is 0.817. The van der Waals surface area contributed by atoms with Gasteiger partial charge in [-0.05, 0) is 42.5 Å². The summed E-state index contributed by atoms with van der Waals surface area (Å²) in [6.45, 7) is 4.12. The van der Waals surface area contributed by atoms with E-state index in [0.29, 0.717) is 5.84 Å². The smallest absolute Gasteiger partial charge is 0.156 e. The van der Waals surface area contributed by atoms with Gasteiger partial charge in [0.15, 0.2) is 6.10 Å². The number of benzene rings is 1. The largest absolute Gasteiger partial charge is 0.480 e. The number of fused-ring (bicyclic) bond motifs is 1. The van der Waals surface area contributed by atoms with Crippen LogP contribution in [0, 0.1) is 0 Å². The minimum Gasteiger partial charge on any atom is -0.480 e. The van der Waals surface area contributed by atoms with Crippen molar-refractivity contribution in [3.8, 4) is 5.75 Å². The van der Waals surface area contributed by atoms with E-state index in [2.05, 4.69) is 18.0 Å². The van der Waals surface area contributed by atoms with Gasteiger partial charge in [-0.25, -0.2) is 4.99 Å². The lowest BCUT2D eigenvalue weighted by molar-refractivity contribution is 0.249. The standard InChI is InChI=1S/C17H21N3OS.2ClH/c1-3-5-14-16(18)20-12-10-11(7-8-13(12)21-14)17(2,19)15-6-4-9-22-15;;/h4,6-10,14H,3,5,19H2,1-2H3,(H2,18,20);2*1H. The van der Waals surface area contributed by atoms with Gasteiger partial charge < -0.3 is 16.2 Å². The predicted octanol–water partition coefficient (Wildman–Crippen LogP) is 4.36. The highest BCUT2D eigenvalue weighted by molar-refractivity contribution is 7.10. The summed E-state index contributed by atoms with van der Waals surface area (Å²) >= 11 is 1.65. The first-order valence-electron chi connectivity index (χ1n) is 7.50. The molecule has 1 aliphatic rings. The zero-order valence-corrected chi connectivity index (χ0v) is 16.1. The molecule has 4 nitrogen and oxygen atoms in total. The molecule has 24 heavy (non-hydrogen) atoms. The zero-order chi connectivity index (χ0) is 15.7. The molecule has 7 heteroatoms. The third kappa shape index (κ3) is 3.86. The number of ether oxygens (including phenoxy) is 1. The van der Waals surface area contributed by atoms with Gasteiger partial charge in [0.2, 0.25) is 0 Å². The van der Waals surface area contributed by atoms with Crippen LogP contribution in [0.4, 0.5) is 5.69 Å². The number of rotatable bonds is 4. The minimum atomic E-state index is -0.548. The van der Waals surface area contributed by atoms with E-state index in [1.54, 1.807) is 11.3 Å². The molecule has 3 rings (SSSR count). The first-order chi connectivity index (χ1) is 10.5. The van der Waals surface area contributed by atoms with E-state index in [-0.39, 0.29) is 30.9 Å². The summed E-state index contributed by atoms with van der Waals surface area (Å²) < 4.78 is 5.95. The molecule has 0 radical (unpaired) electrons. The fraction of sp³-hybridized carbons (Fsp3) is 0.353. The molecule has 0 fully saturated rings. The van der Waals surface area contributed by atoms with Gasteiger partial charge >= 0.3 is 0 Å². The van der Waals surface area contributed by atoms with E-state index in [4.69, 9.17) is 16.2 Å². The molecule has 2 atom stereocenters. The molecule has 0 bridgehead atoms. The van der Waals surface area contributed by atoms with Crippen molar-refractivity contribution in [3.05, 3.63) is 46.2 Å². The predicted molar refractivity (Wildman–Crippen MR) is 107 cm³/mol. The monoisotopic (exact) mass is 387 g/mol. The lowest BCUT2D eigenvalue weighted by Gasteiger charge is -2.27. The van der Waals surface area contributed by atoms with Crippen molar-refractivity contribution in [2.45, 2.75) is 38.3 Å². The van der Waals surface area contributed by atoms with Crippen molar-refractivity contribution in [1.29, 1.82) is 0 Å². The van der Waals surface area contributed by atoms with Crippen LogP contribution in [0.1, 0.15) is 37.1 Å². The Morgan fingerprint density at radius 1 is 1.29 bits per heavy atom. The molecule has 0 spiro atoms. The summed E-state index contributed by atoms with van der Waals surface area (Å²) in [5, 5.41) is 2.04. The topological polar surface area (TPSA) is 73.6 Å². The lowest BCUT2D eigenvalue weighted by atomic mass is 9.91. The summed E-state index contributed by atoms with van der Waals surface area (Å²) in [7, 11) is 0. The highest BCUT2D eigenvalue weighted by Crippen LogP contribution is 2.38. The second-order valence-corrected chi connectivity index (χ2v) is 6.74. The Balaban J connectivity index is 0.00000144. The molecule has 2 unspecified atom stereocenters. The highest BCUT2D eigenvalue weighted by atomic mass is 35.5. The molecule has 0 saturated heterocycles. The Hall–Kier alpha value is -1.27. The van der Waals surface area contributed by atoms with Crippen molar-refractivity contribution >= 4 is 47.7 Å². The lowest BCUT2D eigenvalue weighted by Crippen LogP contribution is -2.36. The van der Waals surface area contributed by atoms with E-state index < -0.39 is 5.54 Å². The maximum atomic E-state index is 6.54. The maximum absolute atomic E-state index is 6.54. The van der Waals surface area contributed by atoms with Crippen LogP contribution in [-0.4, -0.2) is 11.9 Å². The van der Waals surface area contributed by atoms with Gasteiger partial charge in [-0.15, -0.1) is 36.2 Å². The number of halogens is 2. The molecule has 0 aliphatic carbocycles. The van der Waals surface area contributed by atoms with Crippen LogP contribution >= 0.6 is 36.2 Å². The number of hydrogen-bond acceptors (Lipinski definition) is 5. The Labute approximate surface area is 159 Å². The van der Waals surface area contributed by atoms with E-state index in [1.807, 2.05) is 36.6 Å². The van der Waals surface area contributed by atoms with Crippen LogP contribution in [0.5, 0.6) is 5.75 Å². The number of aliphatic imine (C=N–C) groups is 1. The highest BCUT2D eigenvalue weighted by Gasteiger charge is 2.28. The van der Waals surface area contributed by atoms with E-state index in [1.165, 1.54) is 0 Å². The SMILES string of the molecule is CCCC1Oc2ccc(C(C)(N)c3cccs3)cc2N=C1N.Cl.Cl. The number of hydrogen-bond donors (Lipinski definition) is 2. The van der Waals surface area contributed by atoms with E-state index >= 15 is 0 Å². The summed E-state index contributed by atoms with van der Waals surface area (Å²) in [6.07, 6.45) is 1.76. The van der Waals surface area contributed by atoms with Gasteiger partial charge in [0, 0.05) is 4.88 Å². The molecule has 1 aliphatic heterocycles. The summed E-state index contributed by atoms with van der Waals surface area (Å²) in [5.74, 6) is 1.32. The van der Waals surface area contributed by atoms with Gasteiger partial charge in [-0.1, -0.05) is 25.5 Å². The van der Waals surface area contributed by atoms with Crippen LogP contribution in [0.15, 0.2) is 40.7 Å². The maximum Gasteiger partial charge on any atom is 0.156 e. The van der Waals surface area contributed by atoms with Crippen LogP contribution < -0.4 is 16.2 Å². The molecule has 2 heterocycles. The van der Waals surface area contributed by atoms with Crippen LogP contribution in [0.2, 0.25) is 0 Å². The molecule has 2 aromatic rings. The minimum absolute atomic E-state index is 0. The fourth-order valence-electron chi connectivity index (χ4n) is 2.64. The molecule has 0 amide bonds. The van der Waals surface area contributed by atoms with Crippen LogP contribution in [0.25, 0.3) is 0 Å². The summed E-state index contributed by atoms with van der Waals surface area (Å²) in [6, 6.07) is 10.00. The Bertz CT molecular complexity index is 702. The Morgan fingerprint density at radius 2 is 2.04 bits per heavy atom. The Morgan fingerprint density at radius 3 is 2.67 bits per heavy atom. The van der Waals surface area contributed by atoms with Gasteiger partial charge in [0.25, 0.3) is 0 Å². The molecule has 132 valence electrons. The third-order valence-corrected chi connectivity index (χ3v) is 5.10. The number of nitrogens with two attached hydrogens (primary N) is 2. The fourth-order valence-corrected chi connectivity index (χ4v) is 3.46. The van der Waals surface area contributed by atoms with Gasteiger partial charge in [0.1, 0.15) is 17.3 Å². The number of thiophene rings is 1. The Kier molecular flexibility index (Phi) is 7.10. The van der Waals surface area contributed by atoms with Crippen LogP contribution in [-0.2, 0) is 5.54 Å². The molecule has 4 N–H and O–H groups in total. The first kappa shape index (κ1) is 20.8. The van der Waals surface area contributed by atoms with Gasteiger partial charge in [-0.3, -0.25) is 0 Å². The van der Waals surface area contributed by atoms with Gasteiger partial charge in [-0.2, -0.15) is 0 Å². The van der Waals surface area contributed by atoms with Crippen molar-refractivity contribution in [2.75, 3.05) is 0 Å². The van der Waals surface area contributed by atoms with Crippen molar-refractivity contribution in [3.63, 3.8) is 0 Å². The van der Waals surface area contributed by atoms with E-state index in [9.17, 15) is 0 Å². The van der Waals surface area contributed by atoms with E-state index in [0.717, 1.165) is 34.7 Å². The molecule has 1 aromatic carbocycles. The molecular formula is C17H23Cl2N3OS. The normalized spacial score (nSPS) is 18.1. The second kappa shape index (κ2) is 8.21. The first-order valence-corrected chi connectivity index (χ1v) is 8.38. The molecular weight excluding hydrogens is 365 g/mol. The zero-order valence-electron chi connectivity index (χ0n) is 13.7. The second-order valence-electron chi connectivity index (χ2n) is 5.79. The molecule has 1 aromatic heterocycles.